The molecule has 28 heavy (non-hydrogen) atoms. The molecule has 0 saturated carbocycles. The fourth-order valence-corrected chi connectivity index (χ4v) is 3.54. The van der Waals surface area contributed by atoms with Gasteiger partial charge in [0.05, 0.1) is 12.1 Å². The number of rotatable bonds is 19. The molecule has 6 heteroatoms. The number of unbranched alkanes of at least 4 members (excludes halogenated alkanes) is 13. The summed E-state index contributed by atoms with van der Waals surface area (Å²) < 4.78 is 1.87. The van der Waals surface area contributed by atoms with Crippen molar-refractivity contribution in [3.05, 3.63) is 11.9 Å². The highest BCUT2D eigenvalue weighted by Gasteiger charge is 2.29. The summed E-state index contributed by atoms with van der Waals surface area (Å²) in [5, 5.41) is 26.9. The molecule has 0 amide bonds. The number of hydrogen-bond donors (Lipinski definition) is 3. The van der Waals surface area contributed by atoms with Gasteiger partial charge in [-0.25, -0.2) is 0 Å². The lowest BCUT2D eigenvalue weighted by Gasteiger charge is -2.18. The van der Waals surface area contributed by atoms with Crippen molar-refractivity contribution in [1.29, 1.82) is 0 Å². The zero-order valence-electron chi connectivity index (χ0n) is 18.2. The first kappa shape index (κ1) is 25.1. The number of aromatic nitrogens is 3. The van der Waals surface area contributed by atoms with Gasteiger partial charge in [-0.15, -0.1) is 5.10 Å². The van der Waals surface area contributed by atoms with Gasteiger partial charge in [-0.1, -0.05) is 95.6 Å². The van der Waals surface area contributed by atoms with E-state index in [9.17, 15) is 10.2 Å². The molecule has 1 rings (SSSR count). The maximum atomic E-state index is 9.32. The Morgan fingerprint density at radius 2 is 1.29 bits per heavy atom. The maximum Gasteiger partial charge on any atom is 0.147 e. The van der Waals surface area contributed by atoms with Gasteiger partial charge >= 0.3 is 0 Å². The Bertz CT molecular complexity index is 475. The third-order valence-corrected chi connectivity index (χ3v) is 5.55. The first-order valence-corrected chi connectivity index (χ1v) is 11.6. The minimum atomic E-state index is -0.768. The van der Waals surface area contributed by atoms with E-state index >= 15 is 0 Å². The molecular formula is C22H45N4O2+. The van der Waals surface area contributed by atoms with Gasteiger partial charge in [-0.2, -0.15) is 0 Å². The molecule has 0 saturated heterocycles. The predicted octanol–water partition coefficient (Wildman–Crippen LogP) is 3.27. The Morgan fingerprint density at radius 1 is 0.821 bits per heavy atom. The summed E-state index contributed by atoms with van der Waals surface area (Å²) in [4.78, 5) is 0. The molecule has 0 aliphatic rings. The van der Waals surface area contributed by atoms with Gasteiger partial charge in [-0.05, 0) is 6.42 Å². The highest BCUT2D eigenvalue weighted by molar-refractivity contribution is 4.99. The Kier molecular flexibility index (Phi) is 14.2. The minimum Gasteiger partial charge on any atom is -0.390 e. The maximum absolute atomic E-state index is 9.32. The number of aliphatic hydroxyl groups is 2. The SMILES string of the molecule is CCCCCCCCCCCCCCCCn1cc(CC([NH3+])(CO)CO)nn1. The third-order valence-electron chi connectivity index (χ3n) is 5.55. The average Bonchev–Trinajstić information content (AvgIpc) is 3.15. The third kappa shape index (κ3) is 11.8. The van der Waals surface area contributed by atoms with E-state index in [1.807, 2.05) is 10.9 Å². The Labute approximate surface area is 171 Å². The Balaban J connectivity index is 1.94. The first-order valence-electron chi connectivity index (χ1n) is 11.6. The summed E-state index contributed by atoms with van der Waals surface area (Å²) in [6.45, 7) is 2.84. The Hall–Kier alpha value is -0.980. The molecule has 0 bridgehead atoms. The molecule has 1 aromatic heterocycles. The predicted molar refractivity (Wildman–Crippen MR) is 114 cm³/mol. The van der Waals surface area contributed by atoms with E-state index in [1.165, 1.54) is 83.5 Å². The molecule has 6 nitrogen and oxygen atoms in total. The summed E-state index contributed by atoms with van der Waals surface area (Å²) in [6.07, 6.45) is 21.4. The minimum absolute atomic E-state index is 0.157. The normalized spacial score (nSPS) is 12.0. The summed E-state index contributed by atoms with van der Waals surface area (Å²) in [7, 11) is 0. The second-order valence-corrected chi connectivity index (χ2v) is 8.56. The standard InChI is InChI=1S/C22H44N4O2/c1-2-3-4-5-6-7-8-9-10-11-12-13-14-15-16-26-18-21(24-25-26)17-22(23,19-27)20-28/h18,27-28H,2-17,19-20,23H2,1H3/p+1. The van der Waals surface area contributed by atoms with Crippen molar-refractivity contribution >= 4 is 0 Å². The van der Waals surface area contributed by atoms with E-state index in [2.05, 4.69) is 23.0 Å². The van der Waals surface area contributed by atoms with Gasteiger partial charge in [0.25, 0.3) is 0 Å². The topological polar surface area (TPSA) is 98.8 Å². The lowest BCUT2D eigenvalue weighted by Crippen LogP contribution is -2.77. The van der Waals surface area contributed by atoms with Gasteiger partial charge in [0.15, 0.2) is 0 Å². The quantitative estimate of drug-likeness (QED) is 0.312. The number of nitrogens with zero attached hydrogens (tertiary/aromatic N) is 3. The first-order chi connectivity index (χ1) is 13.6. The van der Waals surface area contributed by atoms with Gasteiger partial charge < -0.3 is 15.9 Å². The molecule has 0 aromatic carbocycles. The summed E-state index contributed by atoms with van der Waals surface area (Å²) in [5.41, 5.74) is 3.89. The summed E-state index contributed by atoms with van der Waals surface area (Å²) in [6, 6.07) is 0. The molecule has 0 atom stereocenters. The lowest BCUT2D eigenvalue weighted by molar-refractivity contribution is -0.489. The van der Waals surface area contributed by atoms with E-state index in [1.54, 1.807) is 0 Å². The van der Waals surface area contributed by atoms with E-state index in [-0.39, 0.29) is 13.2 Å². The van der Waals surface area contributed by atoms with Crippen LogP contribution in [-0.4, -0.2) is 44.0 Å². The van der Waals surface area contributed by atoms with Gasteiger partial charge in [0, 0.05) is 12.7 Å². The number of aliphatic hydroxyl groups excluding tert-OH is 2. The van der Waals surface area contributed by atoms with E-state index < -0.39 is 5.54 Å². The van der Waals surface area contributed by atoms with Crippen molar-refractivity contribution < 1.29 is 15.9 Å². The van der Waals surface area contributed by atoms with Crippen LogP contribution in [0.1, 0.15) is 103 Å². The molecule has 1 aromatic rings. The van der Waals surface area contributed by atoms with Crippen LogP contribution in [0.2, 0.25) is 0 Å². The van der Waals surface area contributed by atoms with Crippen molar-refractivity contribution in [2.24, 2.45) is 0 Å². The molecule has 5 N–H and O–H groups in total. The fraction of sp³-hybridized carbons (Fsp3) is 0.909. The van der Waals surface area contributed by atoms with Crippen molar-refractivity contribution in [2.45, 2.75) is 115 Å². The molecule has 164 valence electrons. The zero-order chi connectivity index (χ0) is 20.5. The molecule has 0 aliphatic carbocycles. The molecule has 0 radical (unpaired) electrons. The van der Waals surface area contributed by atoms with Crippen LogP contribution in [0.25, 0.3) is 0 Å². The van der Waals surface area contributed by atoms with Crippen LogP contribution in [0.5, 0.6) is 0 Å². The fourth-order valence-electron chi connectivity index (χ4n) is 3.54. The second-order valence-electron chi connectivity index (χ2n) is 8.56. The number of aryl methyl sites for hydroxylation is 1. The van der Waals surface area contributed by atoms with Crippen LogP contribution in [-0.2, 0) is 13.0 Å². The molecule has 0 aliphatic heterocycles. The van der Waals surface area contributed by atoms with Crippen LogP contribution in [0.15, 0.2) is 6.20 Å². The number of quaternary nitrogens is 1. The summed E-state index contributed by atoms with van der Waals surface area (Å²) >= 11 is 0. The second kappa shape index (κ2) is 15.9. The van der Waals surface area contributed by atoms with Crippen LogP contribution in [0.3, 0.4) is 0 Å². The highest BCUT2D eigenvalue weighted by atomic mass is 16.3. The van der Waals surface area contributed by atoms with Gasteiger partial charge in [0.2, 0.25) is 0 Å². The Morgan fingerprint density at radius 3 is 1.75 bits per heavy atom. The van der Waals surface area contributed by atoms with Crippen molar-refractivity contribution in [3.63, 3.8) is 0 Å². The number of hydrogen-bond acceptors (Lipinski definition) is 4. The molecular weight excluding hydrogens is 352 g/mol. The van der Waals surface area contributed by atoms with Crippen molar-refractivity contribution in [2.75, 3.05) is 13.2 Å². The molecule has 0 fully saturated rings. The van der Waals surface area contributed by atoms with Crippen molar-refractivity contribution in [1.82, 2.24) is 15.0 Å². The highest BCUT2D eigenvalue weighted by Crippen LogP contribution is 2.13. The smallest absolute Gasteiger partial charge is 0.147 e. The molecule has 0 unspecified atom stereocenters. The molecule has 0 spiro atoms. The monoisotopic (exact) mass is 397 g/mol. The van der Waals surface area contributed by atoms with Gasteiger partial charge in [-0.3, -0.25) is 4.68 Å². The molecule has 1 heterocycles. The van der Waals surface area contributed by atoms with Crippen LogP contribution < -0.4 is 5.73 Å². The van der Waals surface area contributed by atoms with E-state index in [4.69, 9.17) is 0 Å². The largest absolute Gasteiger partial charge is 0.390 e. The van der Waals surface area contributed by atoms with Crippen molar-refractivity contribution in [3.8, 4) is 0 Å². The van der Waals surface area contributed by atoms with Gasteiger partial charge in [0.1, 0.15) is 18.8 Å². The van der Waals surface area contributed by atoms with Crippen LogP contribution >= 0.6 is 0 Å². The summed E-state index contributed by atoms with van der Waals surface area (Å²) in [5.74, 6) is 0. The van der Waals surface area contributed by atoms with E-state index in [0.29, 0.717) is 6.42 Å². The van der Waals surface area contributed by atoms with Crippen LogP contribution in [0.4, 0.5) is 0 Å². The average molecular weight is 398 g/mol. The zero-order valence-corrected chi connectivity index (χ0v) is 18.2. The lowest BCUT2D eigenvalue weighted by atomic mass is 9.97. The van der Waals surface area contributed by atoms with Crippen LogP contribution in [0, 0.1) is 0 Å². The van der Waals surface area contributed by atoms with E-state index in [0.717, 1.165) is 18.7 Å².